The molecule has 0 radical (unpaired) electrons. The molecule has 2 atom stereocenters. The summed E-state index contributed by atoms with van der Waals surface area (Å²) in [5, 5.41) is 25.7. The van der Waals surface area contributed by atoms with Crippen LogP contribution in [0.4, 0.5) is 14.9 Å². The Labute approximate surface area is 201 Å². The van der Waals surface area contributed by atoms with Crippen molar-refractivity contribution in [3.63, 3.8) is 0 Å². The third-order valence-electron chi connectivity index (χ3n) is 6.35. The van der Waals surface area contributed by atoms with E-state index in [4.69, 9.17) is 5.26 Å². The standard InChI is InChI=1S/C27H35FN4O2/c1-19(2)14-25(31-27(34)30-24-5-3-4-22(16-24)17-29)26(33)18-32-12-10-21(11-13-32)15-20-6-8-23(28)9-7-20/h3-9,16,19,21,25-26,33H,10-15,18H2,1-2H3,(H2,30,31,34)/t25-,26-/m1/s1. The van der Waals surface area contributed by atoms with Gasteiger partial charge in [0.05, 0.1) is 23.8 Å². The highest BCUT2D eigenvalue weighted by Gasteiger charge is 2.27. The van der Waals surface area contributed by atoms with Gasteiger partial charge >= 0.3 is 6.03 Å². The summed E-state index contributed by atoms with van der Waals surface area (Å²) in [5.74, 6) is 0.656. The summed E-state index contributed by atoms with van der Waals surface area (Å²) >= 11 is 0. The highest BCUT2D eigenvalue weighted by atomic mass is 19.1. The fourth-order valence-corrected chi connectivity index (χ4v) is 4.54. The molecule has 2 aromatic carbocycles. The average molecular weight is 467 g/mol. The number of hydrogen-bond donors (Lipinski definition) is 3. The van der Waals surface area contributed by atoms with E-state index in [0.29, 0.717) is 36.1 Å². The molecule has 1 aliphatic heterocycles. The number of carbonyl (C=O) groups is 1. The number of halogens is 1. The van der Waals surface area contributed by atoms with Gasteiger partial charge in [-0.3, -0.25) is 0 Å². The van der Waals surface area contributed by atoms with Crippen molar-refractivity contribution in [1.29, 1.82) is 5.26 Å². The van der Waals surface area contributed by atoms with Crippen molar-refractivity contribution < 1.29 is 14.3 Å². The van der Waals surface area contributed by atoms with Crippen LogP contribution in [0, 0.1) is 29.0 Å². The van der Waals surface area contributed by atoms with Gasteiger partial charge in [0.15, 0.2) is 0 Å². The van der Waals surface area contributed by atoms with Gasteiger partial charge in [-0.2, -0.15) is 5.26 Å². The number of aliphatic hydroxyl groups is 1. The van der Waals surface area contributed by atoms with E-state index in [1.807, 2.05) is 12.1 Å². The van der Waals surface area contributed by atoms with Gasteiger partial charge in [0, 0.05) is 12.2 Å². The average Bonchev–Trinajstić information content (AvgIpc) is 2.81. The lowest BCUT2D eigenvalue weighted by Crippen LogP contribution is -2.51. The molecule has 3 N–H and O–H groups in total. The molecule has 0 aliphatic carbocycles. The second kappa shape index (κ2) is 12.5. The van der Waals surface area contributed by atoms with Crippen molar-refractivity contribution in [3.8, 4) is 6.07 Å². The van der Waals surface area contributed by atoms with Gasteiger partial charge in [0.25, 0.3) is 0 Å². The van der Waals surface area contributed by atoms with E-state index in [1.165, 1.54) is 12.1 Å². The van der Waals surface area contributed by atoms with Gasteiger partial charge in [0.2, 0.25) is 0 Å². The monoisotopic (exact) mass is 466 g/mol. The topological polar surface area (TPSA) is 88.4 Å². The molecule has 7 heteroatoms. The van der Waals surface area contributed by atoms with Crippen LogP contribution in [-0.2, 0) is 6.42 Å². The maximum Gasteiger partial charge on any atom is 0.319 e. The molecular formula is C27H35FN4O2. The zero-order valence-corrected chi connectivity index (χ0v) is 20.0. The summed E-state index contributed by atoms with van der Waals surface area (Å²) in [6.45, 7) is 6.42. The zero-order valence-electron chi connectivity index (χ0n) is 20.0. The lowest BCUT2D eigenvalue weighted by molar-refractivity contribution is 0.0605. The molecule has 6 nitrogen and oxygen atoms in total. The number of piperidine rings is 1. The molecule has 0 aromatic heterocycles. The first-order chi connectivity index (χ1) is 16.3. The molecule has 0 spiro atoms. The lowest BCUT2D eigenvalue weighted by Gasteiger charge is -2.35. The third-order valence-corrected chi connectivity index (χ3v) is 6.35. The minimum Gasteiger partial charge on any atom is -0.390 e. The van der Waals surface area contributed by atoms with E-state index >= 15 is 0 Å². The lowest BCUT2D eigenvalue weighted by atomic mass is 9.89. The first kappa shape index (κ1) is 25.7. The second-order valence-corrected chi connectivity index (χ2v) is 9.67. The number of anilines is 1. The molecule has 1 aliphatic rings. The molecule has 2 aromatic rings. The minimum absolute atomic E-state index is 0.207. The summed E-state index contributed by atoms with van der Waals surface area (Å²) < 4.78 is 13.1. The Morgan fingerprint density at radius 3 is 2.56 bits per heavy atom. The van der Waals surface area contributed by atoms with Crippen LogP contribution < -0.4 is 10.6 Å². The first-order valence-corrected chi connectivity index (χ1v) is 12.0. The fourth-order valence-electron chi connectivity index (χ4n) is 4.54. The number of nitriles is 1. The van der Waals surface area contributed by atoms with Crippen molar-refractivity contribution >= 4 is 11.7 Å². The number of carbonyl (C=O) groups excluding carboxylic acids is 1. The third kappa shape index (κ3) is 8.12. The number of amides is 2. The molecule has 1 saturated heterocycles. The minimum atomic E-state index is -0.688. The van der Waals surface area contributed by atoms with E-state index in [1.54, 1.807) is 24.3 Å². The van der Waals surface area contributed by atoms with Crippen molar-refractivity contribution in [2.45, 2.75) is 51.7 Å². The van der Waals surface area contributed by atoms with Crippen LogP contribution in [-0.4, -0.2) is 47.8 Å². The Bertz CT molecular complexity index is 965. The van der Waals surface area contributed by atoms with E-state index in [2.05, 4.69) is 35.5 Å². The molecule has 3 rings (SSSR count). The molecule has 1 heterocycles. The molecule has 2 amide bonds. The fraction of sp³-hybridized carbons (Fsp3) is 0.481. The maximum atomic E-state index is 13.1. The van der Waals surface area contributed by atoms with Gasteiger partial charge < -0.3 is 20.6 Å². The maximum absolute atomic E-state index is 13.1. The van der Waals surface area contributed by atoms with Gasteiger partial charge in [-0.15, -0.1) is 0 Å². The number of rotatable bonds is 9. The van der Waals surface area contributed by atoms with Gasteiger partial charge in [0.1, 0.15) is 5.82 Å². The number of urea groups is 1. The molecule has 0 unspecified atom stereocenters. The number of hydrogen-bond acceptors (Lipinski definition) is 4. The van der Waals surface area contributed by atoms with Gasteiger partial charge in [-0.1, -0.05) is 32.0 Å². The van der Waals surface area contributed by atoms with E-state index in [9.17, 15) is 14.3 Å². The summed E-state index contributed by atoms with van der Waals surface area (Å²) in [7, 11) is 0. The largest absolute Gasteiger partial charge is 0.390 e. The van der Waals surface area contributed by atoms with Crippen LogP contribution in [0.1, 0.15) is 44.2 Å². The highest BCUT2D eigenvalue weighted by molar-refractivity contribution is 5.89. The zero-order chi connectivity index (χ0) is 24.5. The Balaban J connectivity index is 1.49. The van der Waals surface area contributed by atoms with Crippen molar-refractivity contribution in [1.82, 2.24) is 10.2 Å². The molecule has 182 valence electrons. The highest BCUT2D eigenvalue weighted by Crippen LogP contribution is 2.23. The summed E-state index contributed by atoms with van der Waals surface area (Å²) in [6, 6.07) is 14.8. The quantitative estimate of drug-likeness (QED) is 0.506. The SMILES string of the molecule is CC(C)C[C@@H](NC(=O)Nc1cccc(C#N)c1)[C@H](O)CN1CCC(Cc2ccc(F)cc2)CC1. The van der Waals surface area contributed by atoms with Crippen LogP contribution in [0.5, 0.6) is 0 Å². The smallest absolute Gasteiger partial charge is 0.319 e. The number of nitrogens with zero attached hydrogens (tertiary/aromatic N) is 2. The molecule has 34 heavy (non-hydrogen) atoms. The molecule has 0 saturated carbocycles. The van der Waals surface area contributed by atoms with Crippen molar-refractivity contribution in [3.05, 3.63) is 65.5 Å². The second-order valence-electron chi connectivity index (χ2n) is 9.67. The van der Waals surface area contributed by atoms with E-state index < -0.39 is 12.1 Å². The van der Waals surface area contributed by atoms with Crippen LogP contribution in [0.25, 0.3) is 0 Å². The number of benzene rings is 2. The van der Waals surface area contributed by atoms with E-state index in [0.717, 1.165) is 37.9 Å². The summed E-state index contributed by atoms with van der Waals surface area (Å²) in [6.07, 6.45) is 2.98. The molecule has 1 fully saturated rings. The summed E-state index contributed by atoms with van der Waals surface area (Å²) in [4.78, 5) is 14.8. The van der Waals surface area contributed by atoms with E-state index in [-0.39, 0.29) is 11.9 Å². The molecular weight excluding hydrogens is 431 g/mol. The number of nitrogens with one attached hydrogen (secondary N) is 2. The van der Waals surface area contributed by atoms with Gasteiger partial charge in [-0.25, -0.2) is 9.18 Å². The Hall–Kier alpha value is -2.95. The predicted octanol–water partition coefficient (Wildman–Crippen LogP) is 4.55. The van der Waals surface area contributed by atoms with Gasteiger partial charge in [-0.05, 0) is 86.5 Å². The van der Waals surface area contributed by atoms with Crippen LogP contribution in [0.3, 0.4) is 0 Å². The van der Waals surface area contributed by atoms with Crippen LogP contribution in [0.15, 0.2) is 48.5 Å². The normalized spacial score (nSPS) is 16.6. The Kier molecular flexibility index (Phi) is 9.43. The number of aliphatic hydroxyl groups excluding tert-OH is 1. The van der Waals surface area contributed by atoms with Crippen LogP contribution >= 0.6 is 0 Å². The molecule has 0 bridgehead atoms. The number of β-amino-alcohol motifs (C(OH)–C–C–N with tert-alkyl or cyclic N) is 1. The Morgan fingerprint density at radius 2 is 1.91 bits per heavy atom. The number of likely N-dealkylation sites (tertiary alicyclic amines) is 1. The van der Waals surface area contributed by atoms with Crippen molar-refractivity contribution in [2.75, 3.05) is 25.0 Å². The first-order valence-electron chi connectivity index (χ1n) is 12.0. The summed E-state index contributed by atoms with van der Waals surface area (Å²) in [5.41, 5.74) is 2.17. The Morgan fingerprint density at radius 1 is 1.21 bits per heavy atom. The van der Waals surface area contributed by atoms with Crippen LogP contribution in [0.2, 0.25) is 0 Å². The predicted molar refractivity (Wildman–Crippen MR) is 132 cm³/mol. The van der Waals surface area contributed by atoms with Crippen molar-refractivity contribution in [2.24, 2.45) is 11.8 Å².